The Balaban J connectivity index is 4.08. The normalized spacial score (nSPS) is 14.7. The summed E-state index contributed by atoms with van der Waals surface area (Å²) in [6, 6.07) is 2.51. The third-order valence-corrected chi connectivity index (χ3v) is 8.42. The molecule has 0 spiro atoms. The molecule has 0 heterocycles. The van der Waals surface area contributed by atoms with Gasteiger partial charge in [-0.25, -0.2) is 0 Å². The zero-order chi connectivity index (χ0) is 16.2. The van der Waals surface area contributed by atoms with Crippen LogP contribution >= 0.6 is 0 Å². The molecule has 0 aromatic heterocycles. The van der Waals surface area contributed by atoms with Crippen LogP contribution in [0.25, 0.3) is 0 Å². The summed E-state index contributed by atoms with van der Waals surface area (Å²) in [4.78, 5) is 0. The van der Waals surface area contributed by atoms with E-state index in [2.05, 4.69) is 67.7 Å². The van der Waals surface area contributed by atoms with Gasteiger partial charge in [-0.1, -0.05) is 12.8 Å². The van der Waals surface area contributed by atoms with Crippen LogP contribution in [0.4, 0.5) is 0 Å². The fraction of sp³-hybridized carbons (Fsp3) is 1.00. The minimum Gasteiger partial charge on any atom is -0.413 e. The molecular formula is C16H38O2Si2. The van der Waals surface area contributed by atoms with E-state index < -0.39 is 16.6 Å². The van der Waals surface area contributed by atoms with Gasteiger partial charge in [0.15, 0.2) is 16.6 Å². The molecule has 0 saturated heterocycles. The van der Waals surface area contributed by atoms with E-state index in [1.54, 1.807) is 0 Å². The fourth-order valence-electron chi connectivity index (χ4n) is 2.86. The van der Waals surface area contributed by atoms with Crippen LogP contribution < -0.4 is 0 Å². The van der Waals surface area contributed by atoms with E-state index in [1.165, 1.54) is 24.9 Å². The van der Waals surface area contributed by atoms with E-state index in [4.69, 9.17) is 8.85 Å². The second-order valence-electron chi connectivity index (χ2n) is 9.16. The molecule has 0 N–H and O–H groups in total. The van der Waals surface area contributed by atoms with E-state index in [9.17, 15) is 0 Å². The number of hydrogen-bond acceptors (Lipinski definition) is 2. The Bertz CT molecular complexity index is 256. The molecule has 0 amide bonds. The highest BCUT2D eigenvalue weighted by Gasteiger charge is 2.30. The highest BCUT2D eigenvalue weighted by molar-refractivity contribution is 6.71. The summed E-state index contributed by atoms with van der Waals surface area (Å²) in [7, 11) is -3.01. The van der Waals surface area contributed by atoms with Crippen LogP contribution in [0.5, 0.6) is 0 Å². The van der Waals surface area contributed by atoms with Crippen molar-refractivity contribution in [2.45, 2.75) is 104 Å². The van der Waals surface area contributed by atoms with Crippen molar-refractivity contribution in [3.63, 3.8) is 0 Å². The van der Waals surface area contributed by atoms with Crippen molar-refractivity contribution in [2.75, 3.05) is 0 Å². The van der Waals surface area contributed by atoms with E-state index in [0.29, 0.717) is 0 Å². The lowest BCUT2D eigenvalue weighted by molar-refractivity contribution is 0.118. The van der Waals surface area contributed by atoms with E-state index in [0.717, 1.165) is 0 Å². The second-order valence-corrected chi connectivity index (χ2v) is 17.6. The maximum atomic E-state index is 6.26. The molecule has 0 aliphatic heterocycles. The van der Waals surface area contributed by atoms with Crippen LogP contribution in [0.1, 0.15) is 54.4 Å². The van der Waals surface area contributed by atoms with Gasteiger partial charge in [0.05, 0.1) is 0 Å². The molecule has 0 aromatic rings. The molecule has 0 aromatic carbocycles. The van der Waals surface area contributed by atoms with Crippen molar-refractivity contribution in [3.05, 3.63) is 0 Å². The Hall–Kier alpha value is 0.354. The first-order valence-electron chi connectivity index (χ1n) is 8.02. The van der Waals surface area contributed by atoms with Gasteiger partial charge in [0.1, 0.15) is 0 Å². The predicted octanol–water partition coefficient (Wildman–Crippen LogP) is 5.81. The molecular weight excluding hydrogens is 280 g/mol. The summed E-state index contributed by atoms with van der Waals surface area (Å²) in [6.45, 7) is 22.3. The highest BCUT2D eigenvalue weighted by atomic mass is 28.4. The predicted molar refractivity (Wildman–Crippen MR) is 95.5 cm³/mol. The summed E-state index contributed by atoms with van der Waals surface area (Å²) in [6.07, 6.45) is 2.55. The van der Waals surface area contributed by atoms with E-state index in [1.807, 2.05) is 0 Å². The Morgan fingerprint density at radius 1 is 0.600 bits per heavy atom. The highest BCUT2D eigenvalue weighted by Crippen LogP contribution is 2.26. The summed E-state index contributed by atoms with van der Waals surface area (Å²) in [5, 5.41) is 0. The van der Waals surface area contributed by atoms with Gasteiger partial charge in [-0.2, -0.15) is 0 Å². The molecule has 122 valence electrons. The first kappa shape index (κ1) is 20.4. The summed E-state index contributed by atoms with van der Waals surface area (Å²) < 4.78 is 12.5. The molecule has 0 unspecified atom stereocenters. The molecule has 0 radical (unpaired) electrons. The van der Waals surface area contributed by atoms with Gasteiger partial charge in [0.2, 0.25) is 0 Å². The maximum Gasteiger partial charge on any atom is 0.187 e. The summed E-state index contributed by atoms with van der Waals surface area (Å²) >= 11 is 0. The molecule has 0 aliphatic carbocycles. The molecule has 2 nitrogen and oxygen atoms in total. The van der Waals surface area contributed by atoms with Crippen LogP contribution in [-0.2, 0) is 8.85 Å². The van der Waals surface area contributed by atoms with Crippen molar-refractivity contribution in [2.24, 2.45) is 0 Å². The molecule has 0 atom stereocenters. The van der Waals surface area contributed by atoms with Gasteiger partial charge in [0, 0.05) is 11.2 Å². The Labute approximate surface area is 129 Å². The monoisotopic (exact) mass is 318 g/mol. The van der Waals surface area contributed by atoms with Crippen LogP contribution in [0.2, 0.25) is 38.3 Å². The lowest BCUT2D eigenvalue weighted by atomic mass is 10.2. The molecule has 20 heavy (non-hydrogen) atoms. The lowest BCUT2D eigenvalue weighted by Crippen LogP contribution is -2.40. The maximum absolute atomic E-state index is 6.26. The second kappa shape index (κ2) is 7.08. The summed E-state index contributed by atoms with van der Waals surface area (Å²) in [5.74, 6) is 0. The molecule has 0 aliphatic rings. The minimum atomic E-state index is -1.51. The van der Waals surface area contributed by atoms with Gasteiger partial charge in [-0.3, -0.25) is 0 Å². The van der Waals surface area contributed by atoms with Gasteiger partial charge in [-0.15, -0.1) is 0 Å². The average Bonchev–Trinajstić information content (AvgIpc) is 2.04. The molecule has 0 saturated carbocycles. The van der Waals surface area contributed by atoms with Crippen molar-refractivity contribution in [1.82, 2.24) is 0 Å². The number of hydrogen-bond donors (Lipinski definition) is 0. The van der Waals surface area contributed by atoms with Gasteiger partial charge in [0.25, 0.3) is 0 Å². The van der Waals surface area contributed by atoms with Crippen molar-refractivity contribution >= 4 is 16.6 Å². The zero-order valence-electron chi connectivity index (χ0n) is 15.6. The van der Waals surface area contributed by atoms with Crippen LogP contribution in [0.3, 0.4) is 0 Å². The minimum absolute atomic E-state index is 0.000904. The third kappa shape index (κ3) is 12.1. The summed E-state index contributed by atoms with van der Waals surface area (Å²) in [5.41, 5.74) is -0.00181. The standard InChI is InChI=1S/C16H38O2Si2/c1-15(2,3)17-19(7,8)13-11-12-14-20(9,10)18-16(4,5)6/h11-14H2,1-10H3. The van der Waals surface area contributed by atoms with Gasteiger partial charge < -0.3 is 8.85 Å². The van der Waals surface area contributed by atoms with Gasteiger partial charge in [-0.05, 0) is 79.8 Å². The molecule has 0 fully saturated rings. The number of rotatable bonds is 7. The molecule has 0 bridgehead atoms. The third-order valence-electron chi connectivity index (χ3n) is 2.97. The Morgan fingerprint density at radius 2 is 0.850 bits per heavy atom. The SMILES string of the molecule is CC(C)(C)O[Si](C)(C)CCCC[Si](C)(C)OC(C)(C)C. The van der Waals surface area contributed by atoms with Crippen molar-refractivity contribution in [3.8, 4) is 0 Å². The van der Waals surface area contributed by atoms with E-state index in [-0.39, 0.29) is 11.2 Å². The van der Waals surface area contributed by atoms with Crippen LogP contribution in [0.15, 0.2) is 0 Å². The van der Waals surface area contributed by atoms with Crippen LogP contribution in [-0.4, -0.2) is 27.8 Å². The lowest BCUT2D eigenvalue weighted by Gasteiger charge is -2.34. The Kier molecular flexibility index (Phi) is 7.20. The Morgan fingerprint density at radius 3 is 1.05 bits per heavy atom. The van der Waals surface area contributed by atoms with Crippen LogP contribution in [0, 0.1) is 0 Å². The molecule has 0 rings (SSSR count). The average molecular weight is 319 g/mol. The zero-order valence-corrected chi connectivity index (χ0v) is 17.6. The largest absolute Gasteiger partial charge is 0.413 e. The number of unbranched alkanes of at least 4 members (excludes halogenated alkanes) is 1. The first-order valence-corrected chi connectivity index (χ1v) is 14.3. The first-order chi connectivity index (χ1) is 8.62. The van der Waals surface area contributed by atoms with Crippen molar-refractivity contribution in [1.29, 1.82) is 0 Å². The fourth-order valence-corrected chi connectivity index (χ4v) is 8.58. The van der Waals surface area contributed by atoms with Gasteiger partial charge >= 0.3 is 0 Å². The smallest absolute Gasteiger partial charge is 0.187 e. The van der Waals surface area contributed by atoms with Crippen molar-refractivity contribution < 1.29 is 8.85 Å². The molecule has 4 heteroatoms. The van der Waals surface area contributed by atoms with E-state index >= 15 is 0 Å². The topological polar surface area (TPSA) is 18.5 Å². The quantitative estimate of drug-likeness (QED) is 0.436.